The Hall–Kier alpha value is -4.16. The standard InChI is InChI=1S/C34H44N8O3S/c1-21(22(2)35)30(36)39-31-26-17-29(46-34(3,4)5)28(18-27(26)37-20-38-31)45-15-7-10-41-11-13-42(14-12-41)32(43)23-8-9-24-19-40(6)33(44)25(24)16-23/h8-9,16-18,20,35H,7,10-15,19,36H2,1-6H3,(H,37,38,39)/b30-21+,35-22?. The summed E-state index contributed by atoms with van der Waals surface area (Å²) in [4.78, 5) is 41.4. The first-order valence-corrected chi connectivity index (χ1v) is 16.4. The molecular formula is C34H44N8O3S. The topological polar surface area (TPSA) is 141 Å². The molecule has 0 saturated carbocycles. The van der Waals surface area contributed by atoms with Crippen LogP contribution in [0.4, 0.5) is 5.82 Å². The van der Waals surface area contributed by atoms with E-state index in [2.05, 4.69) is 41.0 Å². The molecule has 0 bridgehead atoms. The highest BCUT2D eigenvalue weighted by Crippen LogP contribution is 2.41. The Balaban J connectivity index is 1.18. The molecule has 12 heteroatoms. The Morgan fingerprint density at radius 2 is 1.85 bits per heavy atom. The minimum atomic E-state index is -0.0510. The number of nitrogens with zero attached hydrogens (tertiary/aromatic N) is 5. The number of allylic oxidation sites excluding steroid dienone is 1. The number of aromatic nitrogens is 2. The molecule has 2 amide bonds. The van der Waals surface area contributed by atoms with E-state index in [9.17, 15) is 9.59 Å². The Bertz CT molecular complexity index is 1690. The van der Waals surface area contributed by atoms with Gasteiger partial charge in [0.25, 0.3) is 11.8 Å². The fourth-order valence-electron chi connectivity index (χ4n) is 5.52. The summed E-state index contributed by atoms with van der Waals surface area (Å²) < 4.78 is 6.31. The van der Waals surface area contributed by atoms with Crippen LogP contribution in [0.3, 0.4) is 0 Å². The number of hydrogen-bond acceptors (Lipinski definition) is 10. The van der Waals surface area contributed by atoms with Crippen LogP contribution in [0.5, 0.6) is 5.75 Å². The minimum absolute atomic E-state index is 0.0193. The van der Waals surface area contributed by atoms with Crippen molar-refractivity contribution in [3.05, 3.63) is 64.7 Å². The van der Waals surface area contributed by atoms with Crippen molar-refractivity contribution in [3.63, 3.8) is 0 Å². The zero-order valence-corrected chi connectivity index (χ0v) is 28.4. The summed E-state index contributed by atoms with van der Waals surface area (Å²) in [6.45, 7) is 14.9. The van der Waals surface area contributed by atoms with Crippen LogP contribution in [-0.2, 0) is 6.54 Å². The van der Waals surface area contributed by atoms with E-state index in [0.717, 1.165) is 53.2 Å². The highest BCUT2D eigenvalue weighted by Gasteiger charge is 2.28. The number of carbonyl (C=O) groups is 2. The molecule has 1 saturated heterocycles. The number of anilines is 1. The Morgan fingerprint density at radius 3 is 2.54 bits per heavy atom. The lowest BCUT2D eigenvalue weighted by Gasteiger charge is -2.34. The average Bonchev–Trinajstić information content (AvgIpc) is 3.30. The van der Waals surface area contributed by atoms with Crippen molar-refractivity contribution in [1.29, 1.82) is 5.41 Å². The second kappa shape index (κ2) is 13.7. The number of hydrogen-bond donors (Lipinski definition) is 3. The summed E-state index contributed by atoms with van der Waals surface area (Å²) in [5, 5.41) is 11.9. The molecule has 2 aliphatic rings. The number of nitrogens with two attached hydrogens (primary N) is 1. The van der Waals surface area contributed by atoms with Crippen LogP contribution in [0.15, 0.2) is 52.9 Å². The van der Waals surface area contributed by atoms with Crippen molar-refractivity contribution >= 4 is 46.0 Å². The molecule has 1 aromatic heterocycles. The van der Waals surface area contributed by atoms with E-state index in [-0.39, 0.29) is 16.6 Å². The summed E-state index contributed by atoms with van der Waals surface area (Å²) in [6.07, 6.45) is 2.34. The molecule has 11 nitrogen and oxygen atoms in total. The van der Waals surface area contributed by atoms with Crippen LogP contribution >= 0.6 is 11.8 Å². The number of piperazine rings is 1. The van der Waals surface area contributed by atoms with Crippen molar-refractivity contribution in [3.8, 4) is 5.75 Å². The third kappa shape index (κ3) is 7.61. The van der Waals surface area contributed by atoms with E-state index in [1.54, 1.807) is 43.6 Å². The molecule has 0 radical (unpaired) electrons. The maximum Gasteiger partial charge on any atom is 0.254 e. The van der Waals surface area contributed by atoms with E-state index in [0.29, 0.717) is 60.3 Å². The number of thioether (sulfide) groups is 1. The molecule has 0 unspecified atom stereocenters. The summed E-state index contributed by atoms with van der Waals surface area (Å²) in [7, 11) is 1.78. The lowest BCUT2D eigenvalue weighted by molar-refractivity contribution is 0.0630. The predicted molar refractivity (Wildman–Crippen MR) is 184 cm³/mol. The molecule has 46 heavy (non-hydrogen) atoms. The van der Waals surface area contributed by atoms with Gasteiger partial charge in [-0.3, -0.25) is 14.5 Å². The monoisotopic (exact) mass is 644 g/mol. The Labute approximate surface area is 275 Å². The normalized spacial score (nSPS) is 16.0. The van der Waals surface area contributed by atoms with Gasteiger partial charge in [0, 0.05) is 84.9 Å². The number of carbonyl (C=O) groups excluding carboxylic acids is 2. The molecule has 0 atom stereocenters. The highest BCUT2D eigenvalue weighted by molar-refractivity contribution is 8.00. The predicted octanol–water partition coefficient (Wildman–Crippen LogP) is 4.97. The van der Waals surface area contributed by atoms with Crippen LogP contribution < -0.4 is 15.8 Å². The maximum atomic E-state index is 13.2. The number of ether oxygens (including phenoxy) is 1. The molecule has 1 fully saturated rings. The van der Waals surface area contributed by atoms with Gasteiger partial charge in [0.05, 0.1) is 17.0 Å². The molecule has 4 N–H and O–H groups in total. The summed E-state index contributed by atoms with van der Waals surface area (Å²) in [5.41, 5.74) is 10.2. The number of amides is 2. The van der Waals surface area contributed by atoms with Gasteiger partial charge in [-0.15, -0.1) is 11.8 Å². The highest BCUT2D eigenvalue weighted by atomic mass is 32.2. The van der Waals surface area contributed by atoms with Crippen LogP contribution in [0.25, 0.3) is 10.9 Å². The third-order valence-corrected chi connectivity index (χ3v) is 9.37. The van der Waals surface area contributed by atoms with E-state index < -0.39 is 0 Å². The fourth-order valence-corrected chi connectivity index (χ4v) is 6.57. The lowest BCUT2D eigenvalue weighted by atomic mass is 10.0. The molecule has 2 aromatic carbocycles. The van der Waals surface area contributed by atoms with Crippen LogP contribution in [-0.4, -0.2) is 93.3 Å². The molecule has 2 aliphatic heterocycles. The van der Waals surface area contributed by atoms with Crippen molar-refractivity contribution in [2.24, 2.45) is 5.73 Å². The largest absolute Gasteiger partial charge is 0.492 e. The molecule has 3 aromatic rings. The fraction of sp³-hybridized carbons (Fsp3) is 0.441. The van der Waals surface area contributed by atoms with Gasteiger partial charge in [0.15, 0.2) is 0 Å². The quantitative estimate of drug-likeness (QED) is 0.158. The van der Waals surface area contributed by atoms with Gasteiger partial charge < -0.3 is 31.0 Å². The maximum absolute atomic E-state index is 13.2. The summed E-state index contributed by atoms with van der Waals surface area (Å²) in [5.74, 6) is 1.70. The number of fused-ring (bicyclic) bond motifs is 2. The molecule has 3 heterocycles. The van der Waals surface area contributed by atoms with Gasteiger partial charge in [-0.05, 0) is 44.0 Å². The van der Waals surface area contributed by atoms with Gasteiger partial charge in [-0.25, -0.2) is 9.97 Å². The summed E-state index contributed by atoms with van der Waals surface area (Å²) in [6, 6.07) is 9.50. The van der Waals surface area contributed by atoms with Gasteiger partial charge in [0.2, 0.25) is 0 Å². The first-order chi connectivity index (χ1) is 21.8. The van der Waals surface area contributed by atoms with Crippen molar-refractivity contribution in [2.45, 2.75) is 57.2 Å². The van der Waals surface area contributed by atoms with Crippen molar-refractivity contribution in [1.82, 2.24) is 24.7 Å². The van der Waals surface area contributed by atoms with E-state index >= 15 is 0 Å². The van der Waals surface area contributed by atoms with Gasteiger partial charge >= 0.3 is 0 Å². The first-order valence-electron chi connectivity index (χ1n) is 15.6. The van der Waals surface area contributed by atoms with E-state index in [4.69, 9.17) is 15.9 Å². The van der Waals surface area contributed by atoms with Gasteiger partial charge in [-0.2, -0.15) is 0 Å². The van der Waals surface area contributed by atoms with Crippen molar-refractivity contribution < 1.29 is 14.3 Å². The molecule has 5 rings (SSSR count). The molecular weight excluding hydrogens is 600 g/mol. The van der Waals surface area contributed by atoms with Gasteiger partial charge in [0.1, 0.15) is 23.7 Å². The smallest absolute Gasteiger partial charge is 0.254 e. The van der Waals surface area contributed by atoms with Gasteiger partial charge in [-0.1, -0.05) is 26.8 Å². The third-order valence-electron chi connectivity index (χ3n) is 8.21. The zero-order chi connectivity index (χ0) is 33.2. The second-order valence-electron chi connectivity index (χ2n) is 12.9. The second-order valence-corrected chi connectivity index (χ2v) is 14.8. The minimum Gasteiger partial charge on any atom is -0.492 e. The zero-order valence-electron chi connectivity index (χ0n) is 27.6. The SMILES string of the molecule is CC(=N)/C(C)=C(\N)Nc1ncnc2cc(OCCCN3CCN(C(=O)c4ccc5c(c4)C(=O)N(C)C5)CC3)c(SC(C)(C)C)cc12. The van der Waals surface area contributed by atoms with E-state index in [1.165, 1.54) is 6.33 Å². The Morgan fingerprint density at radius 1 is 1.11 bits per heavy atom. The molecule has 0 aliphatic carbocycles. The number of rotatable bonds is 10. The molecule has 0 spiro atoms. The van der Waals surface area contributed by atoms with E-state index in [1.807, 2.05) is 29.2 Å². The van der Waals surface area contributed by atoms with Crippen LogP contribution in [0.2, 0.25) is 0 Å². The number of nitrogens with one attached hydrogen (secondary N) is 2. The van der Waals surface area contributed by atoms with Crippen LogP contribution in [0.1, 0.15) is 67.3 Å². The lowest BCUT2D eigenvalue weighted by Crippen LogP contribution is -2.49. The first kappa shape index (κ1) is 33.2. The van der Waals surface area contributed by atoms with Crippen molar-refractivity contribution in [2.75, 3.05) is 51.7 Å². The number of benzene rings is 2. The van der Waals surface area contributed by atoms with Crippen LogP contribution in [0, 0.1) is 5.41 Å². The summed E-state index contributed by atoms with van der Waals surface area (Å²) >= 11 is 1.72. The average molecular weight is 645 g/mol. The molecule has 244 valence electrons. The Kier molecular flexibility index (Phi) is 9.88.